The number of amides is 1. The number of nitrogens with one attached hydrogen (secondary N) is 1. The molecular formula is C18H18ClN5O4S. The molecule has 1 aromatic heterocycles. The van der Waals surface area contributed by atoms with E-state index in [4.69, 9.17) is 16.3 Å². The average molecular weight is 436 g/mol. The van der Waals surface area contributed by atoms with Crippen molar-refractivity contribution in [3.8, 4) is 11.4 Å². The summed E-state index contributed by atoms with van der Waals surface area (Å²) in [5.74, 6) is -0.382. The monoisotopic (exact) mass is 435 g/mol. The van der Waals surface area contributed by atoms with E-state index in [2.05, 4.69) is 15.4 Å². The van der Waals surface area contributed by atoms with E-state index in [1.807, 2.05) is 0 Å². The van der Waals surface area contributed by atoms with E-state index in [0.29, 0.717) is 16.4 Å². The fourth-order valence-corrected chi connectivity index (χ4v) is 3.80. The van der Waals surface area contributed by atoms with E-state index in [0.717, 1.165) is 4.31 Å². The Hall–Kier alpha value is -2.95. The molecule has 3 rings (SSSR count). The van der Waals surface area contributed by atoms with E-state index >= 15 is 0 Å². The number of methoxy groups -OCH3 is 1. The first kappa shape index (κ1) is 20.8. The van der Waals surface area contributed by atoms with Gasteiger partial charge in [0, 0.05) is 24.7 Å². The first-order valence-electron chi connectivity index (χ1n) is 8.30. The van der Waals surface area contributed by atoms with Crippen LogP contribution in [-0.4, -0.2) is 54.6 Å². The van der Waals surface area contributed by atoms with Gasteiger partial charge in [0.15, 0.2) is 0 Å². The SMILES string of the molecule is COc1ccc(C(=O)Nc2cc(Cl)ccc2-n2cncn2)cc1S(=O)(=O)N(C)C. The van der Waals surface area contributed by atoms with E-state index < -0.39 is 15.9 Å². The molecule has 0 fully saturated rings. The number of aromatic nitrogens is 3. The molecule has 0 aliphatic rings. The summed E-state index contributed by atoms with van der Waals surface area (Å²) in [5.41, 5.74) is 1.08. The molecule has 1 heterocycles. The highest BCUT2D eigenvalue weighted by Crippen LogP contribution is 2.28. The molecule has 0 saturated heterocycles. The Morgan fingerprint density at radius 2 is 1.97 bits per heavy atom. The summed E-state index contributed by atoms with van der Waals surface area (Å²) in [4.78, 5) is 16.6. The van der Waals surface area contributed by atoms with Crippen molar-refractivity contribution in [2.24, 2.45) is 0 Å². The van der Waals surface area contributed by atoms with Gasteiger partial charge in [-0.1, -0.05) is 11.6 Å². The van der Waals surface area contributed by atoms with Crippen LogP contribution in [0.1, 0.15) is 10.4 Å². The van der Waals surface area contributed by atoms with Gasteiger partial charge in [0.2, 0.25) is 10.0 Å². The minimum Gasteiger partial charge on any atom is -0.495 e. The number of anilines is 1. The maximum absolute atomic E-state index is 12.8. The maximum Gasteiger partial charge on any atom is 0.255 e. The molecule has 11 heteroatoms. The summed E-state index contributed by atoms with van der Waals surface area (Å²) in [6, 6.07) is 9.08. The van der Waals surface area contributed by atoms with E-state index in [1.54, 1.807) is 18.2 Å². The molecule has 0 unspecified atom stereocenters. The molecule has 2 aromatic carbocycles. The Balaban J connectivity index is 2.00. The maximum atomic E-state index is 12.8. The third kappa shape index (κ3) is 4.24. The molecule has 1 N–H and O–H groups in total. The van der Waals surface area contributed by atoms with E-state index in [-0.39, 0.29) is 16.2 Å². The van der Waals surface area contributed by atoms with Gasteiger partial charge in [-0.25, -0.2) is 22.4 Å². The summed E-state index contributed by atoms with van der Waals surface area (Å²) in [5, 5.41) is 7.21. The third-order valence-corrected chi connectivity index (χ3v) is 6.13. The highest BCUT2D eigenvalue weighted by Gasteiger charge is 2.24. The highest BCUT2D eigenvalue weighted by molar-refractivity contribution is 7.89. The minimum absolute atomic E-state index is 0.111. The van der Waals surface area contributed by atoms with Gasteiger partial charge in [0.25, 0.3) is 5.91 Å². The molecule has 29 heavy (non-hydrogen) atoms. The summed E-state index contributed by atoms with van der Waals surface area (Å²) in [6.07, 6.45) is 2.84. The number of hydrogen-bond acceptors (Lipinski definition) is 6. The van der Waals surface area contributed by atoms with Crippen LogP contribution >= 0.6 is 11.6 Å². The van der Waals surface area contributed by atoms with Crippen molar-refractivity contribution in [3.63, 3.8) is 0 Å². The van der Waals surface area contributed by atoms with Crippen molar-refractivity contribution in [1.82, 2.24) is 19.1 Å². The van der Waals surface area contributed by atoms with Crippen LogP contribution in [0.4, 0.5) is 5.69 Å². The highest BCUT2D eigenvalue weighted by atomic mass is 35.5. The predicted octanol–water partition coefficient (Wildman–Crippen LogP) is 2.43. The topological polar surface area (TPSA) is 106 Å². The lowest BCUT2D eigenvalue weighted by Crippen LogP contribution is -2.23. The van der Waals surface area contributed by atoms with Crippen LogP contribution in [0.15, 0.2) is 53.9 Å². The van der Waals surface area contributed by atoms with Crippen LogP contribution in [0, 0.1) is 0 Å². The van der Waals surface area contributed by atoms with Crippen LogP contribution < -0.4 is 10.1 Å². The third-order valence-electron chi connectivity index (χ3n) is 4.06. The van der Waals surface area contributed by atoms with Crippen molar-refractivity contribution >= 4 is 33.2 Å². The van der Waals surface area contributed by atoms with E-state index in [9.17, 15) is 13.2 Å². The fourth-order valence-electron chi connectivity index (χ4n) is 2.55. The van der Waals surface area contributed by atoms with Gasteiger partial charge >= 0.3 is 0 Å². The standard InChI is InChI=1S/C18H18ClN5O4S/c1-23(2)29(26,27)17-8-12(4-7-16(17)28-3)18(25)22-14-9-13(19)5-6-15(14)24-11-20-10-21-24/h4-11H,1-3H3,(H,22,25). The second-order valence-corrected chi connectivity index (χ2v) is 8.67. The van der Waals surface area contributed by atoms with Crippen LogP contribution in [0.25, 0.3) is 5.69 Å². The lowest BCUT2D eigenvalue weighted by atomic mass is 10.2. The summed E-state index contributed by atoms with van der Waals surface area (Å²) < 4.78 is 32.8. The number of nitrogens with zero attached hydrogens (tertiary/aromatic N) is 4. The first-order valence-corrected chi connectivity index (χ1v) is 10.1. The van der Waals surface area contributed by atoms with Gasteiger partial charge in [-0.3, -0.25) is 4.79 Å². The van der Waals surface area contributed by atoms with Crippen LogP contribution in [0.3, 0.4) is 0 Å². The Morgan fingerprint density at radius 3 is 2.59 bits per heavy atom. The summed E-state index contributed by atoms with van der Waals surface area (Å²) in [7, 11) is 0.349. The number of sulfonamides is 1. The smallest absolute Gasteiger partial charge is 0.255 e. The molecule has 3 aromatic rings. The quantitative estimate of drug-likeness (QED) is 0.637. The number of rotatable bonds is 6. The normalized spacial score (nSPS) is 11.5. The Morgan fingerprint density at radius 1 is 1.21 bits per heavy atom. The molecular weight excluding hydrogens is 418 g/mol. The molecule has 152 valence electrons. The largest absolute Gasteiger partial charge is 0.495 e. The molecule has 0 atom stereocenters. The van der Waals surface area contributed by atoms with Crippen molar-refractivity contribution < 1.29 is 17.9 Å². The second kappa shape index (κ2) is 8.19. The molecule has 0 aliphatic carbocycles. The fraction of sp³-hybridized carbons (Fsp3) is 0.167. The first-order chi connectivity index (χ1) is 13.7. The number of benzene rings is 2. The van der Waals surface area contributed by atoms with Crippen molar-refractivity contribution in [2.45, 2.75) is 4.90 Å². The van der Waals surface area contributed by atoms with Gasteiger partial charge in [-0.15, -0.1) is 0 Å². The number of carbonyl (C=O) groups is 1. The number of ether oxygens (including phenoxy) is 1. The van der Waals surface area contributed by atoms with Gasteiger partial charge in [-0.2, -0.15) is 5.10 Å². The van der Waals surface area contributed by atoms with Crippen molar-refractivity contribution in [2.75, 3.05) is 26.5 Å². The number of halogens is 1. The van der Waals surface area contributed by atoms with Gasteiger partial charge in [-0.05, 0) is 36.4 Å². The molecule has 9 nitrogen and oxygen atoms in total. The minimum atomic E-state index is -3.81. The Bertz CT molecular complexity index is 1150. The van der Waals surface area contributed by atoms with Gasteiger partial charge in [0.1, 0.15) is 23.3 Å². The van der Waals surface area contributed by atoms with Gasteiger partial charge < -0.3 is 10.1 Å². The lowest BCUT2D eigenvalue weighted by molar-refractivity contribution is 0.102. The van der Waals surface area contributed by atoms with Crippen molar-refractivity contribution in [1.29, 1.82) is 0 Å². The second-order valence-electron chi connectivity index (χ2n) is 6.11. The molecule has 0 bridgehead atoms. The molecule has 1 amide bonds. The van der Waals surface area contributed by atoms with Crippen LogP contribution in [0.5, 0.6) is 5.75 Å². The average Bonchev–Trinajstić information content (AvgIpc) is 3.22. The Kier molecular flexibility index (Phi) is 5.87. The van der Waals surface area contributed by atoms with Crippen molar-refractivity contribution in [3.05, 3.63) is 59.6 Å². The van der Waals surface area contributed by atoms with Gasteiger partial charge in [0.05, 0.1) is 18.5 Å². The zero-order valence-corrected chi connectivity index (χ0v) is 17.4. The van der Waals surface area contributed by atoms with E-state index in [1.165, 1.54) is 56.7 Å². The molecule has 0 aliphatic heterocycles. The summed E-state index contributed by atoms with van der Waals surface area (Å²) in [6.45, 7) is 0. The zero-order chi connectivity index (χ0) is 21.2. The molecule has 0 saturated carbocycles. The molecule has 0 radical (unpaired) electrons. The summed E-state index contributed by atoms with van der Waals surface area (Å²) >= 11 is 6.07. The zero-order valence-electron chi connectivity index (χ0n) is 15.8. The van der Waals surface area contributed by atoms with Crippen LogP contribution in [-0.2, 0) is 10.0 Å². The number of hydrogen-bond donors (Lipinski definition) is 1. The van der Waals surface area contributed by atoms with Crippen LogP contribution in [0.2, 0.25) is 5.02 Å². The predicted molar refractivity (Wildman–Crippen MR) is 108 cm³/mol. The molecule has 0 spiro atoms. The Labute approximate surface area is 172 Å². The lowest BCUT2D eigenvalue weighted by Gasteiger charge is -2.16. The number of carbonyl (C=O) groups excluding carboxylic acids is 1.